The molecular formula is C28H25N5. The van der Waals surface area contributed by atoms with Crippen molar-refractivity contribution in [1.29, 1.82) is 0 Å². The van der Waals surface area contributed by atoms with Gasteiger partial charge in [0.15, 0.2) is 0 Å². The molecule has 0 aliphatic heterocycles. The van der Waals surface area contributed by atoms with Crippen LogP contribution in [0.3, 0.4) is 0 Å². The first kappa shape index (κ1) is 20.8. The monoisotopic (exact) mass is 431 g/mol. The fraction of sp³-hybridized carbons (Fsp3) is 0.143. The third-order valence-electron chi connectivity index (χ3n) is 5.70. The first-order valence-corrected chi connectivity index (χ1v) is 11.2. The maximum atomic E-state index is 4.40. The molecule has 0 saturated carbocycles. The largest absolute Gasteiger partial charge is 0.341 e. The zero-order valence-electron chi connectivity index (χ0n) is 18.6. The smallest absolute Gasteiger partial charge is 0.0854 e. The van der Waals surface area contributed by atoms with Crippen molar-refractivity contribution in [2.75, 3.05) is 0 Å². The first-order valence-electron chi connectivity index (χ1n) is 11.2. The fourth-order valence-corrected chi connectivity index (χ4v) is 4.12. The number of nitrogens with zero attached hydrogens (tertiary/aromatic N) is 5. The molecule has 162 valence electrons. The van der Waals surface area contributed by atoms with Crippen molar-refractivity contribution in [1.82, 2.24) is 4.57 Å². The van der Waals surface area contributed by atoms with Crippen LogP contribution in [0.25, 0.3) is 21.8 Å². The molecule has 5 nitrogen and oxygen atoms in total. The van der Waals surface area contributed by atoms with Gasteiger partial charge < -0.3 is 4.57 Å². The number of rotatable bonds is 7. The Hall–Kier alpha value is -4.12. The van der Waals surface area contributed by atoms with E-state index < -0.39 is 0 Å². The second kappa shape index (κ2) is 9.57. The lowest BCUT2D eigenvalue weighted by Gasteiger charge is -2.03. The van der Waals surface area contributed by atoms with Crippen LogP contribution in [-0.2, 0) is 19.6 Å². The molecule has 33 heavy (non-hydrogen) atoms. The van der Waals surface area contributed by atoms with E-state index in [1.165, 1.54) is 21.8 Å². The number of aromatic nitrogens is 1. The van der Waals surface area contributed by atoms with Gasteiger partial charge in [-0.2, -0.15) is 20.5 Å². The molecule has 0 bridgehead atoms. The van der Waals surface area contributed by atoms with Gasteiger partial charge in [-0.3, -0.25) is 0 Å². The number of azo groups is 2. The van der Waals surface area contributed by atoms with Gasteiger partial charge >= 0.3 is 0 Å². The minimum absolute atomic E-state index is 0.550. The van der Waals surface area contributed by atoms with Crippen LogP contribution in [0.5, 0.6) is 0 Å². The van der Waals surface area contributed by atoms with Gasteiger partial charge in [0.2, 0.25) is 0 Å². The molecule has 5 aromatic rings. The molecule has 5 rings (SSSR count). The highest BCUT2D eigenvalue weighted by Crippen LogP contribution is 2.31. The van der Waals surface area contributed by atoms with Gasteiger partial charge in [-0.15, -0.1) is 0 Å². The van der Waals surface area contributed by atoms with Crippen LogP contribution in [-0.4, -0.2) is 4.57 Å². The summed E-state index contributed by atoms with van der Waals surface area (Å²) in [6.45, 7) is 4.20. The zero-order valence-corrected chi connectivity index (χ0v) is 18.6. The molecule has 0 atom stereocenters. The maximum Gasteiger partial charge on any atom is 0.0854 e. The molecule has 4 aromatic carbocycles. The second-order valence-electron chi connectivity index (χ2n) is 7.92. The minimum Gasteiger partial charge on any atom is -0.341 e. The van der Waals surface area contributed by atoms with Crippen molar-refractivity contribution in [3.05, 3.63) is 108 Å². The van der Waals surface area contributed by atoms with E-state index in [2.05, 4.69) is 68.3 Å². The molecule has 0 aliphatic rings. The summed E-state index contributed by atoms with van der Waals surface area (Å²) in [6, 6.07) is 32.8. The lowest BCUT2D eigenvalue weighted by Crippen LogP contribution is -1.93. The summed E-state index contributed by atoms with van der Waals surface area (Å²) in [5.74, 6) is 0. The molecule has 0 unspecified atom stereocenters. The van der Waals surface area contributed by atoms with E-state index in [9.17, 15) is 0 Å². The Morgan fingerprint density at radius 1 is 0.576 bits per heavy atom. The topological polar surface area (TPSA) is 54.4 Å². The van der Waals surface area contributed by atoms with Crippen molar-refractivity contribution in [3.63, 3.8) is 0 Å². The van der Waals surface area contributed by atoms with Crippen molar-refractivity contribution in [2.24, 2.45) is 20.5 Å². The van der Waals surface area contributed by atoms with Crippen LogP contribution >= 0.6 is 0 Å². The summed E-state index contributed by atoms with van der Waals surface area (Å²) in [4.78, 5) is 0. The van der Waals surface area contributed by atoms with E-state index in [1.54, 1.807) is 0 Å². The summed E-state index contributed by atoms with van der Waals surface area (Å²) in [5.41, 5.74) is 6.50. The molecule has 0 radical (unpaired) electrons. The molecular weight excluding hydrogens is 406 g/mol. The molecule has 0 N–H and O–H groups in total. The highest BCUT2D eigenvalue weighted by molar-refractivity contribution is 6.08. The Labute approximate surface area is 193 Å². The molecule has 0 amide bonds. The highest BCUT2D eigenvalue weighted by atomic mass is 15.1. The second-order valence-corrected chi connectivity index (χ2v) is 7.92. The van der Waals surface area contributed by atoms with Gasteiger partial charge in [0, 0.05) is 28.4 Å². The average Bonchev–Trinajstić information content (AvgIpc) is 3.18. The number of hydrogen-bond donors (Lipinski definition) is 0. The summed E-state index contributed by atoms with van der Waals surface area (Å²) in [7, 11) is 0. The molecule has 0 spiro atoms. The standard InChI is InChI=1S/C28H25N5/c1-2-33-27-15-13-21(19-29-31-23-9-5-3-6-10-23)17-25(27)26-18-22(14-16-28(26)33)20-30-32-24-11-7-4-8-12-24/h3-18H,2,19-20H2,1H3. The summed E-state index contributed by atoms with van der Waals surface area (Å²) >= 11 is 0. The third-order valence-corrected chi connectivity index (χ3v) is 5.70. The maximum absolute atomic E-state index is 4.40. The summed E-state index contributed by atoms with van der Waals surface area (Å²) < 4.78 is 2.36. The van der Waals surface area contributed by atoms with Gasteiger partial charge in [0.1, 0.15) is 0 Å². The van der Waals surface area contributed by atoms with Crippen LogP contribution in [0.4, 0.5) is 11.4 Å². The lowest BCUT2D eigenvalue weighted by molar-refractivity contribution is 0.826. The van der Waals surface area contributed by atoms with E-state index >= 15 is 0 Å². The molecule has 5 heteroatoms. The molecule has 0 aliphatic carbocycles. The molecule has 1 aromatic heterocycles. The Morgan fingerprint density at radius 2 is 1.03 bits per heavy atom. The van der Waals surface area contributed by atoms with Gasteiger partial charge in [0.25, 0.3) is 0 Å². The average molecular weight is 432 g/mol. The normalized spacial score (nSPS) is 11.9. The van der Waals surface area contributed by atoms with Crippen LogP contribution in [0.1, 0.15) is 18.1 Å². The van der Waals surface area contributed by atoms with Crippen LogP contribution in [0.15, 0.2) is 118 Å². The number of aryl methyl sites for hydroxylation is 1. The fourth-order valence-electron chi connectivity index (χ4n) is 4.12. The van der Waals surface area contributed by atoms with Gasteiger partial charge in [-0.05, 0) is 66.6 Å². The lowest BCUT2D eigenvalue weighted by atomic mass is 10.1. The quantitative estimate of drug-likeness (QED) is 0.232. The van der Waals surface area contributed by atoms with E-state index in [1.807, 2.05) is 60.7 Å². The van der Waals surface area contributed by atoms with Crippen LogP contribution < -0.4 is 0 Å². The van der Waals surface area contributed by atoms with E-state index in [0.717, 1.165) is 29.0 Å². The zero-order chi connectivity index (χ0) is 22.5. The number of fused-ring (bicyclic) bond motifs is 3. The summed E-state index contributed by atoms with van der Waals surface area (Å²) in [6.07, 6.45) is 0. The first-order chi connectivity index (χ1) is 16.3. The van der Waals surface area contributed by atoms with Gasteiger partial charge in [0.05, 0.1) is 24.5 Å². The Bertz CT molecular complexity index is 1320. The highest BCUT2D eigenvalue weighted by Gasteiger charge is 2.11. The predicted octanol–water partition coefficient (Wildman–Crippen LogP) is 8.38. The van der Waals surface area contributed by atoms with Gasteiger partial charge in [-0.25, -0.2) is 0 Å². The number of benzene rings is 4. The number of hydrogen-bond acceptors (Lipinski definition) is 4. The SMILES string of the molecule is CCn1c2ccc(CN=Nc3ccccc3)cc2c2cc(CN=Nc3ccccc3)ccc21. The van der Waals surface area contributed by atoms with Crippen molar-refractivity contribution < 1.29 is 0 Å². The minimum atomic E-state index is 0.550. The van der Waals surface area contributed by atoms with E-state index in [-0.39, 0.29) is 0 Å². The van der Waals surface area contributed by atoms with Crippen molar-refractivity contribution in [3.8, 4) is 0 Å². The van der Waals surface area contributed by atoms with Crippen molar-refractivity contribution in [2.45, 2.75) is 26.6 Å². The Morgan fingerprint density at radius 3 is 1.45 bits per heavy atom. The molecule has 0 fully saturated rings. The summed E-state index contributed by atoms with van der Waals surface area (Å²) in [5, 5.41) is 20.0. The Balaban J connectivity index is 1.44. The van der Waals surface area contributed by atoms with E-state index in [4.69, 9.17) is 0 Å². The van der Waals surface area contributed by atoms with Crippen LogP contribution in [0, 0.1) is 0 Å². The third kappa shape index (κ3) is 4.58. The molecule has 1 heterocycles. The Kier molecular flexibility index (Phi) is 6.02. The van der Waals surface area contributed by atoms with Gasteiger partial charge in [-0.1, -0.05) is 48.5 Å². The predicted molar refractivity (Wildman–Crippen MR) is 134 cm³/mol. The van der Waals surface area contributed by atoms with Crippen molar-refractivity contribution >= 4 is 33.2 Å². The van der Waals surface area contributed by atoms with E-state index in [0.29, 0.717) is 13.1 Å². The van der Waals surface area contributed by atoms with Crippen LogP contribution in [0.2, 0.25) is 0 Å². The molecule has 0 saturated heterocycles.